The van der Waals surface area contributed by atoms with Crippen molar-refractivity contribution in [3.05, 3.63) is 153 Å². The van der Waals surface area contributed by atoms with Crippen molar-refractivity contribution >= 4 is 58.2 Å². The number of halogens is 4. The van der Waals surface area contributed by atoms with Crippen LogP contribution in [-0.2, 0) is 9.59 Å². The van der Waals surface area contributed by atoms with E-state index in [-0.39, 0.29) is 47.8 Å². The smallest absolute Gasteiger partial charge is 0.229 e. The summed E-state index contributed by atoms with van der Waals surface area (Å²) in [4.78, 5) is 41.3. The van der Waals surface area contributed by atoms with Crippen LogP contribution in [0.1, 0.15) is 139 Å². The summed E-state index contributed by atoms with van der Waals surface area (Å²) >= 11 is 25.0. The maximum absolute atomic E-state index is 13.9. The summed E-state index contributed by atoms with van der Waals surface area (Å²) in [5.41, 5.74) is 2.96. The molecule has 60 heavy (non-hydrogen) atoms. The zero-order valence-corrected chi connectivity index (χ0v) is 38.9. The van der Waals surface area contributed by atoms with Gasteiger partial charge in [-0.1, -0.05) is 124 Å². The maximum atomic E-state index is 13.9. The number of hydrogen-bond donors (Lipinski definition) is 0. The van der Waals surface area contributed by atoms with Crippen molar-refractivity contribution in [2.45, 2.75) is 129 Å². The average Bonchev–Trinajstić information content (AvgIpc) is 3.23. The zero-order valence-electron chi connectivity index (χ0n) is 35.9. The van der Waals surface area contributed by atoms with Gasteiger partial charge in [-0.15, -0.1) is 13.2 Å². The molecule has 2 fully saturated rings. The van der Waals surface area contributed by atoms with E-state index in [4.69, 9.17) is 46.4 Å². The van der Waals surface area contributed by atoms with Crippen molar-refractivity contribution in [2.75, 3.05) is 0 Å². The molecule has 0 aliphatic carbocycles. The van der Waals surface area contributed by atoms with Crippen LogP contribution in [-0.4, -0.2) is 43.7 Å². The number of likely N-dealkylation sites (tertiary alicyclic amines) is 2. The van der Waals surface area contributed by atoms with Gasteiger partial charge in [0.2, 0.25) is 11.8 Å². The van der Waals surface area contributed by atoms with Crippen molar-refractivity contribution in [1.82, 2.24) is 19.8 Å². The van der Waals surface area contributed by atoms with Gasteiger partial charge in [0.1, 0.15) is 0 Å². The minimum absolute atomic E-state index is 0.0700. The van der Waals surface area contributed by atoms with Crippen LogP contribution in [0.15, 0.2) is 111 Å². The molecule has 10 heteroatoms. The van der Waals surface area contributed by atoms with Crippen LogP contribution in [0.3, 0.4) is 0 Å². The molecule has 320 valence electrons. The van der Waals surface area contributed by atoms with Crippen molar-refractivity contribution in [3.8, 4) is 0 Å². The Morgan fingerprint density at radius 3 is 1.27 bits per heavy atom. The van der Waals surface area contributed by atoms with Crippen LogP contribution in [0.25, 0.3) is 0 Å². The molecule has 2 aromatic carbocycles. The van der Waals surface area contributed by atoms with Crippen LogP contribution in [0.2, 0.25) is 20.1 Å². The van der Waals surface area contributed by atoms with Crippen LogP contribution < -0.4 is 0 Å². The quantitative estimate of drug-likeness (QED) is 0.118. The predicted molar refractivity (Wildman–Crippen MR) is 250 cm³/mol. The number of rotatable bonds is 14. The summed E-state index contributed by atoms with van der Waals surface area (Å²) in [6.07, 6.45) is 13.3. The van der Waals surface area contributed by atoms with Gasteiger partial charge in [-0.3, -0.25) is 19.6 Å². The highest BCUT2D eigenvalue weighted by atomic mass is 35.5. The fourth-order valence-electron chi connectivity index (χ4n) is 9.66. The van der Waals surface area contributed by atoms with E-state index in [0.717, 1.165) is 48.2 Å². The number of amides is 2. The highest BCUT2D eigenvalue weighted by molar-refractivity contribution is 6.31. The van der Waals surface area contributed by atoms with E-state index in [1.807, 2.05) is 72.8 Å². The highest BCUT2D eigenvalue weighted by Gasteiger charge is 2.52. The molecule has 0 saturated carbocycles. The topological polar surface area (TPSA) is 66.4 Å². The van der Waals surface area contributed by atoms with Gasteiger partial charge in [0, 0.05) is 46.4 Å². The van der Waals surface area contributed by atoms with Gasteiger partial charge < -0.3 is 9.80 Å². The lowest BCUT2D eigenvalue weighted by Gasteiger charge is -2.51. The Labute approximate surface area is 378 Å². The zero-order chi connectivity index (χ0) is 43.8. The van der Waals surface area contributed by atoms with E-state index in [9.17, 15) is 9.59 Å². The molecule has 0 spiro atoms. The average molecular weight is 891 g/mol. The highest BCUT2D eigenvalue weighted by Crippen LogP contribution is 2.53. The summed E-state index contributed by atoms with van der Waals surface area (Å²) in [6, 6.07) is 23.5. The first kappa shape index (κ1) is 47.4. The molecule has 6 atom stereocenters. The van der Waals surface area contributed by atoms with Crippen molar-refractivity contribution in [3.63, 3.8) is 0 Å². The van der Waals surface area contributed by atoms with Crippen molar-refractivity contribution in [2.24, 2.45) is 10.8 Å². The SMILES string of the molecule is C=CC[C@@]1(C)C[C@H](c2cccc(Cl)c2)[C@@H](c2ccc(Cl)cn2)N(C(CC)CC)C1=O.C=CC[C@]1(C)C[C@H](c2cccc(Cl)c2)[C@@H](c2ccc(Cl)cn2)N(C(CC)CC)C1=O. The number of pyridine rings is 2. The summed E-state index contributed by atoms with van der Waals surface area (Å²) in [5, 5.41) is 2.58. The normalized spacial score (nSPS) is 24.3. The molecule has 2 amide bonds. The number of carbonyl (C=O) groups excluding carboxylic acids is 2. The van der Waals surface area contributed by atoms with E-state index in [1.54, 1.807) is 12.4 Å². The summed E-state index contributed by atoms with van der Waals surface area (Å²) in [7, 11) is 0. The van der Waals surface area contributed by atoms with Crippen LogP contribution in [0.5, 0.6) is 0 Å². The predicted octanol–water partition coefficient (Wildman–Crippen LogP) is 14.4. The van der Waals surface area contributed by atoms with E-state index >= 15 is 0 Å². The molecule has 2 saturated heterocycles. The number of allylic oxidation sites excluding steroid dienone is 2. The molecule has 4 heterocycles. The first-order valence-corrected chi connectivity index (χ1v) is 22.8. The van der Waals surface area contributed by atoms with E-state index in [0.29, 0.717) is 45.8 Å². The molecular weight excluding hydrogens is 830 g/mol. The molecule has 2 aliphatic heterocycles. The number of nitrogens with zero attached hydrogens (tertiary/aromatic N) is 4. The molecule has 2 aliphatic rings. The molecule has 0 unspecified atom stereocenters. The molecule has 2 aromatic heterocycles. The minimum atomic E-state index is -0.514. The summed E-state index contributed by atoms with van der Waals surface area (Å²) in [6.45, 7) is 20.5. The molecular formula is C50H60Cl4N4O2. The Bertz CT molecular complexity index is 1940. The lowest BCUT2D eigenvalue weighted by Crippen LogP contribution is -2.55. The van der Waals surface area contributed by atoms with Crippen LogP contribution >= 0.6 is 46.4 Å². The fraction of sp³-hybridized carbons (Fsp3) is 0.440. The number of aromatic nitrogens is 2. The monoisotopic (exact) mass is 888 g/mol. The molecule has 4 aromatic rings. The molecule has 0 bridgehead atoms. The number of carbonyl (C=O) groups is 2. The molecule has 0 N–H and O–H groups in total. The van der Waals surface area contributed by atoms with E-state index in [2.05, 4.69) is 86.6 Å². The van der Waals surface area contributed by atoms with E-state index < -0.39 is 10.8 Å². The van der Waals surface area contributed by atoms with Gasteiger partial charge in [0.25, 0.3) is 0 Å². The Kier molecular flexibility index (Phi) is 16.5. The maximum Gasteiger partial charge on any atom is 0.229 e. The third kappa shape index (κ3) is 10.3. The molecule has 0 radical (unpaired) electrons. The van der Waals surface area contributed by atoms with Crippen molar-refractivity contribution < 1.29 is 9.59 Å². The number of benzene rings is 2. The van der Waals surface area contributed by atoms with Gasteiger partial charge in [-0.05, 0) is 111 Å². The third-order valence-corrected chi connectivity index (χ3v) is 13.6. The standard InChI is InChI=1S/2C25H30Cl2N2O/c2*1-5-13-25(4)15-21(17-9-8-10-18(26)14-17)23(22-12-11-19(27)16-28-22)29(24(25)30)20(6-2)7-3/h2*5,8-12,14,16,20-21,23H,1,6-7,13,15H2,2-4H3/t21-,23+,25+;21-,23+,25-/m11/s1. The summed E-state index contributed by atoms with van der Waals surface area (Å²) in [5.74, 6) is 0.494. The largest absolute Gasteiger partial charge is 0.330 e. The second-order valence-corrected chi connectivity index (χ2v) is 18.6. The third-order valence-electron chi connectivity index (χ3n) is 12.7. The minimum Gasteiger partial charge on any atom is -0.330 e. The second-order valence-electron chi connectivity index (χ2n) is 16.9. The lowest BCUT2D eigenvalue weighted by molar-refractivity contribution is -0.155. The Morgan fingerprint density at radius 2 is 0.983 bits per heavy atom. The van der Waals surface area contributed by atoms with Gasteiger partial charge in [-0.25, -0.2) is 0 Å². The molecule has 6 rings (SSSR count). The van der Waals surface area contributed by atoms with Gasteiger partial charge >= 0.3 is 0 Å². The Morgan fingerprint density at radius 1 is 0.617 bits per heavy atom. The number of piperidine rings is 2. The molecule has 6 nitrogen and oxygen atoms in total. The Hall–Kier alpha value is -3.68. The van der Waals surface area contributed by atoms with Crippen molar-refractivity contribution in [1.29, 1.82) is 0 Å². The number of hydrogen-bond acceptors (Lipinski definition) is 4. The second kappa shape index (κ2) is 20.9. The lowest BCUT2D eigenvalue weighted by atomic mass is 9.67. The van der Waals surface area contributed by atoms with E-state index in [1.165, 1.54) is 0 Å². The van der Waals surface area contributed by atoms with Gasteiger partial charge in [-0.2, -0.15) is 0 Å². The first-order chi connectivity index (χ1) is 28.7. The van der Waals surface area contributed by atoms with Gasteiger partial charge in [0.15, 0.2) is 0 Å². The fourth-order valence-corrected chi connectivity index (χ4v) is 10.3. The Balaban J connectivity index is 0.000000228. The van der Waals surface area contributed by atoms with Crippen LogP contribution in [0, 0.1) is 10.8 Å². The first-order valence-electron chi connectivity index (χ1n) is 21.3. The van der Waals surface area contributed by atoms with Gasteiger partial charge in [0.05, 0.1) is 44.3 Å². The van der Waals surface area contributed by atoms with Crippen LogP contribution in [0.4, 0.5) is 0 Å². The summed E-state index contributed by atoms with van der Waals surface area (Å²) < 4.78 is 0.